The lowest BCUT2D eigenvalue weighted by Crippen LogP contribution is -2.32. The Labute approximate surface area is 203 Å². The Kier molecular flexibility index (Phi) is 5.94. The van der Waals surface area contributed by atoms with Crippen LogP contribution in [0.3, 0.4) is 0 Å². The van der Waals surface area contributed by atoms with Crippen molar-refractivity contribution in [2.24, 2.45) is 0 Å². The van der Waals surface area contributed by atoms with Crippen molar-refractivity contribution >= 4 is 23.5 Å². The fourth-order valence-electron chi connectivity index (χ4n) is 4.34. The Hall–Kier alpha value is -3.48. The molecule has 0 spiro atoms. The third kappa shape index (κ3) is 4.00. The fourth-order valence-corrected chi connectivity index (χ4v) is 4.53. The number of rotatable bonds is 5. The maximum absolute atomic E-state index is 13.3. The number of methoxy groups -OCH3 is 2. The predicted molar refractivity (Wildman–Crippen MR) is 130 cm³/mol. The number of aryl methyl sites for hydroxylation is 1. The molecule has 0 N–H and O–H groups in total. The summed E-state index contributed by atoms with van der Waals surface area (Å²) in [6.45, 7) is 3.52. The molecule has 7 heteroatoms. The molecule has 174 valence electrons. The van der Waals surface area contributed by atoms with Crippen molar-refractivity contribution in [3.63, 3.8) is 0 Å². The first-order valence-corrected chi connectivity index (χ1v) is 11.3. The van der Waals surface area contributed by atoms with Gasteiger partial charge in [0.25, 0.3) is 0 Å². The Balaban J connectivity index is 1.49. The second-order valence-electron chi connectivity index (χ2n) is 8.27. The lowest BCUT2D eigenvalue weighted by atomic mass is 9.98. The molecule has 0 saturated heterocycles. The molecule has 0 amide bonds. The van der Waals surface area contributed by atoms with Crippen LogP contribution in [0.4, 0.5) is 0 Å². The van der Waals surface area contributed by atoms with Gasteiger partial charge in [0.15, 0.2) is 5.76 Å². The van der Waals surface area contributed by atoms with Gasteiger partial charge in [-0.2, -0.15) is 0 Å². The Morgan fingerprint density at radius 2 is 1.94 bits per heavy atom. The molecule has 0 saturated carbocycles. The minimum Gasteiger partial charge on any atom is -0.497 e. The van der Waals surface area contributed by atoms with E-state index in [1.54, 1.807) is 32.4 Å². The van der Waals surface area contributed by atoms with Gasteiger partial charge in [0.05, 0.1) is 25.3 Å². The number of halogens is 1. The highest BCUT2D eigenvalue weighted by Crippen LogP contribution is 2.44. The maximum Gasteiger partial charge on any atom is 0.232 e. The van der Waals surface area contributed by atoms with Crippen molar-refractivity contribution in [3.05, 3.63) is 87.1 Å². The number of Topliss-reactive ketones (excluding diaryl/α,β-unsaturated/α-hetero) is 1. The molecule has 0 unspecified atom stereocenters. The van der Waals surface area contributed by atoms with E-state index in [4.69, 9.17) is 30.5 Å². The molecule has 3 aromatic rings. The summed E-state index contributed by atoms with van der Waals surface area (Å²) < 4.78 is 23.0. The molecule has 34 heavy (non-hydrogen) atoms. The third-order valence-electron chi connectivity index (χ3n) is 6.06. The molecule has 2 aliphatic rings. The first kappa shape index (κ1) is 22.3. The van der Waals surface area contributed by atoms with Crippen molar-refractivity contribution in [2.75, 3.05) is 21.0 Å². The molecule has 2 aliphatic heterocycles. The maximum atomic E-state index is 13.3. The number of nitrogens with zero attached hydrogens (tertiary/aromatic N) is 1. The summed E-state index contributed by atoms with van der Waals surface area (Å²) in [6, 6.07) is 15.1. The predicted octanol–water partition coefficient (Wildman–Crippen LogP) is 5.63. The van der Waals surface area contributed by atoms with E-state index in [0.29, 0.717) is 53.2 Å². The first-order chi connectivity index (χ1) is 16.5. The Bertz CT molecular complexity index is 1320. The Morgan fingerprint density at radius 1 is 1.12 bits per heavy atom. The zero-order chi connectivity index (χ0) is 23.8. The molecule has 0 fully saturated rings. The quantitative estimate of drug-likeness (QED) is 0.444. The monoisotopic (exact) mass is 477 g/mol. The van der Waals surface area contributed by atoms with Crippen molar-refractivity contribution in [1.29, 1.82) is 0 Å². The highest BCUT2D eigenvalue weighted by atomic mass is 35.5. The summed E-state index contributed by atoms with van der Waals surface area (Å²) in [6.07, 6.45) is 1.70. The molecule has 0 aliphatic carbocycles. The average molecular weight is 478 g/mol. The molecule has 6 nitrogen and oxygen atoms in total. The molecule has 0 radical (unpaired) electrons. The lowest BCUT2D eigenvalue weighted by molar-refractivity contribution is 0.0872. The van der Waals surface area contributed by atoms with Gasteiger partial charge < -0.3 is 18.9 Å². The third-order valence-corrected chi connectivity index (χ3v) is 6.43. The van der Waals surface area contributed by atoms with Crippen LogP contribution in [-0.4, -0.2) is 31.6 Å². The van der Waals surface area contributed by atoms with E-state index in [9.17, 15) is 4.79 Å². The standard InChI is InChI=1S/C27H24ClNO5/c1-16-10-23-20(14-29(15-33-23)13-17-6-4-5-7-21(17)28)27-25(16)26(30)24(34-27)12-18-11-19(31-2)8-9-22(18)32-3/h4-12H,13-15H2,1-3H3/b24-12-. The van der Waals surface area contributed by atoms with Crippen LogP contribution in [-0.2, 0) is 13.1 Å². The molecular formula is C27H24ClNO5. The van der Waals surface area contributed by atoms with E-state index >= 15 is 0 Å². The van der Waals surface area contributed by atoms with Gasteiger partial charge in [-0.25, -0.2) is 0 Å². The van der Waals surface area contributed by atoms with Crippen molar-refractivity contribution in [2.45, 2.75) is 20.0 Å². The number of allylic oxidation sites excluding steroid dienone is 1. The summed E-state index contributed by atoms with van der Waals surface area (Å²) in [5, 5.41) is 0.714. The smallest absolute Gasteiger partial charge is 0.232 e. The number of carbonyl (C=O) groups is 1. The van der Waals surface area contributed by atoms with Gasteiger partial charge in [0.1, 0.15) is 29.7 Å². The fraction of sp³-hybridized carbons (Fsp3) is 0.222. The normalized spacial score (nSPS) is 16.0. The number of ketones is 1. The van der Waals surface area contributed by atoms with Gasteiger partial charge in [0, 0.05) is 23.7 Å². The first-order valence-electron chi connectivity index (χ1n) is 10.9. The number of hydrogen-bond donors (Lipinski definition) is 0. The summed E-state index contributed by atoms with van der Waals surface area (Å²) in [5.41, 5.74) is 3.95. The zero-order valence-electron chi connectivity index (χ0n) is 19.2. The summed E-state index contributed by atoms with van der Waals surface area (Å²) >= 11 is 6.36. The van der Waals surface area contributed by atoms with E-state index in [0.717, 1.165) is 22.4 Å². The lowest BCUT2D eigenvalue weighted by Gasteiger charge is -2.30. The molecular weight excluding hydrogens is 454 g/mol. The number of hydrogen-bond acceptors (Lipinski definition) is 6. The minimum atomic E-state index is -0.164. The van der Waals surface area contributed by atoms with Gasteiger partial charge in [0.2, 0.25) is 5.78 Å². The second-order valence-corrected chi connectivity index (χ2v) is 8.68. The molecule has 3 aromatic carbocycles. The minimum absolute atomic E-state index is 0.164. The molecule has 0 aromatic heterocycles. The summed E-state index contributed by atoms with van der Waals surface area (Å²) in [4.78, 5) is 15.5. The van der Waals surface area contributed by atoms with E-state index in [1.807, 2.05) is 43.3 Å². The molecule has 0 bridgehead atoms. The van der Waals surface area contributed by atoms with Crippen LogP contribution in [0.1, 0.15) is 32.6 Å². The van der Waals surface area contributed by atoms with E-state index in [1.165, 1.54) is 0 Å². The highest BCUT2D eigenvalue weighted by Gasteiger charge is 2.35. The van der Waals surface area contributed by atoms with Crippen molar-refractivity contribution < 1.29 is 23.7 Å². The van der Waals surface area contributed by atoms with Crippen molar-refractivity contribution in [1.82, 2.24) is 4.90 Å². The van der Waals surface area contributed by atoms with Gasteiger partial charge in [-0.1, -0.05) is 29.8 Å². The van der Waals surface area contributed by atoms with Gasteiger partial charge >= 0.3 is 0 Å². The summed E-state index contributed by atoms with van der Waals surface area (Å²) in [5.74, 6) is 2.64. The average Bonchev–Trinajstić information content (AvgIpc) is 3.17. The zero-order valence-corrected chi connectivity index (χ0v) is 19.9. The van der Waals surface area contributed by atoms with Crippen LogP contribution in [0.2, 0.25) is 5.02 Å². The molecule has 2 heterocycles. The van der Waals surface area contributed by atoms with E-state index in [2.05, 4.69) is 4.90 Å². The second kappa shape index (κ2) is 9.05. The molecule has 0 atom stereocenters. The topological polar surface area (TPSA) is 57.2 Å². The van der Waals surface area contributed by atoms with Crippen LogP contribution in [0.15, 0.2) is 54.3 Å². The number of benzene rings is 3. The summed E-state index contributed by atoms with van der Waals surface area (Å²) in [7, 11) is 3.18. The van der Waals surface area contributed by atoms with E-state index < -0.39 is 0 Å². The highest BCUT2D eigenvalue weighted by molar-refractivity contribution is 6.31. The Morgan fingerprint density at radius 3 is 2.71 bits per heavy atom. The molecule has 5 rings (SSSR count). The van der Waals surface area contributed by atoms with Gasteiger partial charge in [-0.15, -0.1) is 0 Å². The van der Waals surface area contributed by atoms with Crippen LogP contribution in [0.25, 0.3) is 6.08 Å². The van der Waals surface area contributed by atoms with Crippen molar-refractivity contribution in [3.8, 4) is 23.0 Å². The van der Waals surface area contributed by atoms with Crippen LogP contribution in [0.5, 0.6) is 23.0 Å². The van der Waals surface area contributed by atoms with E-state index in [-0.39, 0.29) is 11.5 Å². The van der Waals surface area contributed by atoms with Crippen LogP contribution >= 0.6 is 11.6 Å². The largest absolute Gasteiger partial charge is 0.497 e. The van der Waals surface area contributed by atoms with Gasteiger partial charge in [-0.05, 0) is 54.5 Å². The number of fused-ring (bicyclic) bond motifs is 3. The van der Waals surface area contributed by atoms with Crippen LogP contribution in [0, 0.1) is 6.92 Å². The number of carbonyl (C=O) groups excluding carboxylic acids is 1. The number of ether oxygens (including phenoxy) is 4. The SMILES string of the molecule is COc1ccc(OC)c(/C=C2\Oc3c4c(cc(C)c3C2=O)OCN(Cc2ccccc2Cl)C4)c1. The van der Waals surface area contributed by atoms with Crippen LogP contribution < -0.4 is 18.9 Å². The van der Waals surface area contributed by atoms with Gasteiger partial charge in [-0.3, -0.25) is 9.69 Å².